The van der Waals surface area contributed by atoms with Crippen molar-refractivity contribution in [3.05, 3.63) is 50.3 Å². The van der Waals surface area contributed by atoms with E-state index >= 15 is 0 Å². The van der Waals surface area contributed by atoms with Crippen LogP contribution in [0.3, 0.4) is 0 Å². The van der Waals surface area contributed by atoms with Crippen molar-refractivity contribution < 1.29 is 32.2 Å². The van der Waals surface area contributed by atoms with Gasteiger partial charge in [-0.05, 0) is 65.4 Å². The highest BCUT2D eigenvalue weighted by molar-refractivity contribution is 14.1. The highest BCUT2D eigenvalue weighted by Gasteiger charge is 2.44. The molecule has 0 saturated carbocycles. The number of pyridine rings is 1. The number of piperidine rings is 1. The van der Waals surface area contributed by atoms with Gasteiger partial charge in [-0.1, -0.05) is 11.6 Å². The van der Waals surface area contributed by atoms with E-state index in [4.69, 9.17) is 25.8 Å². The summed E-state index contributed by atoms with van der Waals surface area (Å²) in [6.07, 6.45) is -4.04. The first-order chi connectivity index (χ1) is 16.0. The van der Waals surface area contributed by atoms with Gasteiger partial charge in [-0.25, -0.2) is 9.78 Å². The summed E-state index contributed by atoms with van der Waals surface area (Å²) in [5.41, 5.74) is 1.51. The number of carbonyl (C=O) groups excluding carboxylic acids is 1. The molecule has 0 aliphatic carbocycles. The Morgan fingerprint density at radius 3 is 2.71 bits per heavy atom. The van der Waals surface area contributed by atoms with Gasteiger partial charge < -0.3 is 14.2 Å². The van der Waals surface area contributed by atoms with Crippen molar-refractivity contribution in [2.24, 2.45) is 0 Å². The Hall–Kier alpha value is -1.79. The fourth-order valence-corrected chi connectivity index (χ4v) is 5.17. The SMILES string of the molecule is Cc1ccc(OC[C@H](CN2CCC3(CC2)Cc2cc(Cl)ccc2O3)OC(=O)C(F)(F)F)c(I)n1. The van der Waals surface area contributed by atoms with Crippen molar-refractivity contribution in [1.82, 2.24) is 9.88 Å². The predicted molar refractivity (Wildman–Crippen MR) is 127 cm³/mol. The van der Waals surface area contributed by atoms with E-state index < -0.39 is 18.2 Å². The first kappa shape index (κ1) is 25.3. The molecule has 0 radical (unpaired) electrons. The molecule has 2 aliphatic heterocycles. The Labute approximate surface area is 213 Å². The summed E-state index contributed by atoms with van der Waals surface area (Å²) in [5, 5.41) is 0.657. The van der Waals surface area contributed by atoms with Crippen molar-refractivity contribution in [2.75, 3.05) is 26.2 Å². The van der Waals surface area contributed by atoms with Crippen LogP contribution in [0.5, 0.6) is 11.5 Å². The van der Waals surface area contributed by atoms with E-state index in [0.29, 0.717) is 40.4 Å². The molecule has 1 atom stereocenters. The minimum atomic E-state index is -5.07. The highest BCUT2D eigenvalue weighted by atomic mass is 127. The first-order valence-corrected chi connectivity index (χ1v) is 12.2. The van der Waals surface area contributed by atoms with Crippen molar-refractivity contribution in [3.8, 4) is 11.5 Å². The Bertz CT molecular complexity index is 1060. The van der Waals surface area contributed by atoms with E-state index in [9.17, 15) is 18.0 Å². The van der Waals surface area contributed by atoms with Crippen LogP contribution in [0.1, 0.15) is 24.1 Å². The van der Waals surface area contributed by atoms with E-state index in [2.05, 4.69) is 4.98 Å². The second kappa shape index (κ2) is 10.1. The minimum absolute atomic E-state index is 0.118. The molecule has 0 bridgehead atoms. The number of hydrogen-bond acceptors (Lipinski definition) is 6. The molecule has 4 rings (SSSR count). The zero-order chi connectivity index (χ0) is 24.5. The van der Waals surface area contributed by atoms with E-state index in [1.807, 2.05) is 46.5 Å². The summed E-state index contributed by atoms with van der Waals surface area (Å²) in [6.45, 7) is 2.90. The number of likely N-dealkylation sites (tertiary alicyclic amines) is 1. The molecule has 0 unspecified atom stereocenters. The van der Waals surface area contributed by atoms with Crippen LogP contribution in [0.25, 0.3) is 0 Å². The van der Waals surface area contributed by atoms with Crippen molar-refractivity contribution >= 4 is 40.2 Å². The maximum absolute atomic E-state index is 12.9. The second-order valence-corrected chi connectivity index (χ2v) is 10.1. The molecular formula is C23H23ClF3IN2O4. The summed E-state index contributed by atoms with van der Waals surface area (Å²) >= 11 is 8.08. The van der Waals surface area contributed by atoms with Gasteiger partial charge in [-0.2, -0.15) is 13.2 Å². The van der Waals surface area contributed by atoms with E-state index in [0.717, 1.165) is 23.4 Å². The summed E-state index contributed by atoms with van der Waals surface area (Å²) in [7, 11) is 0. The normalized spacial score (nSPS) is 18.3. The third-order valence-corrected chi connectivity index (χ3v) is 6.98. The molecule has 34 heavy (non-hydrogen) atoms. The molecule has 6 nitrogen and oxygen atoms in total. The van der Waals surface area contributed by atoms with Gasteiger partial charge in [0.15, 0.2) is 5.75 Å². The first-order valence-electron chi connectivity index (χ1n) is 10.8. The average molecular weight is 611 g/mol. The van der Waals surface area contributed by atoms with Crippen LogP contribution in [-0.4, -0.2) is 60.0 Å². The lowest BCUT2D eigenvalue weighted by atomic mass is 9.87. The van der Waals surface area contributed by atoms with Crippen LogP contribution in [0.2, 0.25) is 5.02 Å². The lowest BCUT2D eigenvalue weighted by Crippen LogP contribution is -2.50. The number of ether oxygens (including phenoxy) is 3. The average Bonchev–Trinajstić information content (AvgIpc) is 3.10. The Balaban J connectivity index is 1.37. The number of alkyl halides is 3. The smallest absolute Gasteiger partial charge is 0.487 e. The number of halogens is 5. The Morgan fingerprint density at radius 2 is 2.03 bits per heavy atom. The molecule has 2 aliphatic rings. The number of aryl methyl sites for hydroxylation is 1. The van der Waals surface area contributed by atoms with Gasteiger partial charge in [-0.15, -0.1) is 0 Å². The number of rotatable bonds is 6. The molecule has 2 aromatic rings. The zero-order valence-corrected chi connectivity index (χ0v) is 21.2. The molecule has 1 aromatic heterocycles. The maximum Gasteiger partial charge on any atom is 0.490 e. The fraction of sp³-hybridized carbons (Fsp3) is 0.478. The quantitative estimate of drug-likeness (QED) is 0.262. The fourth-order valence-electron chi connectivity index (χ4n) is 4.26. The second-order valence-electron chi connectivity index (χ2n) is 8.59. The molecule has 184 valence electrons. The molecule has 0 N–H and O–H groups in total. The standard InChI is InChI=1S/C23H23ClF3IN2O4/c1-14-2-4-19(20(28)29-14)32-13-17(33-21(31)23(25,26)27)12-30-8-6-22(7-9-30)11-15-10-16(24)3-5-18(15)34-22/h2-5,10,17H,6-9,11-13H2,1H3/t17-/m0/s1. The van der Waals surface area contributed by atoms with E-state index in [1.165, 1.54) is 0 Å². The number of benzene rings is 1. The lowest BCUT2D eigenvalue weighted by molar-refractivity contribution is -0.207. The molecule has 1 aromatic carbocycles. The molecule has 11 heteroatoms. The summed E-state index contributed by atoms with van der Waals surface area (Å²) in [4.78, 5) is 17.8. The van der Waals surface area contributed by atoms with Gasteiger partial charge in [0.1, 0.15) is 27.8 Å². The van der Waals surface area contributed by atoms with Gasteiger partial charge in [0.05, 0.1) is 0 Å². The Kier molecular flexibility index (Phi) is 7.49. The summed E-state index contributed by atoms with van der Waals surface area (Å²) in [6, 6.07) is 9.00. The summed E-state index contributed by atoms with van der Waals surface area (Å²) in [5.74, 6) is -0.977. The number of nitrogens with zero attached hydrogens (tertiary/aromatic N) is 2. The van der Waals surface area contributed by atoms with Crippen LogP contribution in [0.4, 0.5) is 13.2 Å². The molecule has 1 spiro atoms. The van der Waals surface area contributed by atoms with Crippen LogP contribution in [0.15, 0.2) is 30.3 Å². The van der Waals surface area contributed by atoms with Crippen molar-refractivity contribution in [2.45, 2.75) is 44.1 Å². The van der Waals surface area contributed by atoms with Crippen LogP contribution < -0.4 is 9.47 Å². The predicted octanol–water partition coefficient (Wildman–Crippen LogP) is 4.97. The minimum Gasteiger partial charge on any atom is -0.487 e. The topological polar surface area (TPSA) is 60.9 Å². The largest absolute Gasteiger partial charge is 0.490 e. The molecule has 0 amide bonds. The maximum atomic E-state index is 12.9. The molecule has 1 saturated heterocycles. The molecule has 1 fully saturated rings. The van der Waals surface area contributed by atoms with Gasteiger partial charge >= 0.3 is 12.1 Å². The van der Waals surface area contributed by atoms with Crippen LogP contribution in [-0.2, 0) is 16.0 Å². The number of carbonyl (C=O) groups is 1. The van der Waals surface area contributed by atoms with Gasteiger partial charge in [0, 0.05) is 49.6 Å². The lowest BCUT2D eigenvalue weighted by Gasteiger charge is -2.39. The third kappa shape index (κ3) is 6.06. The molecule has 3 heterocycles. The number of fused-ring (bicyclic) bond motifs is 1. The number of aromatic nitrogens is 1. The summed E-state index contributed by atoms with van der Waals surface area (Å²) < 4.78 is 55.8. The monoisotopic (exact) mass is 610 g/mol. The van der Waals surface area contributed by atoms with Crippen molar-refractivity contribution in [1.29, 1.82) is 0 Å². The Morgan fingerprint density at radius 1 is 1.29 bits per heavy atom. The van der Waals surface area contributed by atoms with Gasteiger partial charge in [0.2, 0.25) is 0 Å². The van der Waals surface area contributed by atoms with Crippen LogP contribution in [0, 0.1) is 10.6 Å². The highest BCUT2D eigenvalue weighted by Crippen LogP contribution is 2.42. The van der Waals surface area contributed by atoms with Crippen molar-refractivity contribution in [3.63, 3.8) is 0 Å². The van der Waals surface area contributed by atoms with E-state index in [1.54, 1.807) is 18.2 Å². The number of hydrogen-bond donors (Lipinski definition) is 0. The third-order valence-electron chi connectivity index (χ3n) is 5.97. The number of esters is 1. The van der Waals surface area contributed by atoms with Gasteiger partial charge in [0.25, 0.3) is 0 Å². The van der Waals surface area contributed by atoms with Gasteiger partial charge in [-0.3, -0.25) is 4.90 Å². The molecular weight excluding hydrogens is 588 g/mol. The van der Waals surface area contributed by atoms with Crippen LogP contribution >= 0.6 is 34.2 Å². The van der Waals surface area contributed by atoms with E-state index in [-0.39, 0.29) is 18.8 Å². The zero-order valence-electron chi connectivity index (χ0n) is 18.3.